The van der Waals surface area contributed by atoms with Crippen LogP contribution in [0.4, 0.5) is 0 Å². The lowest BCUT2D eigenvalue weighted by Crippen LogP contribution is -2.04. The average Bonchev–Trinajstić information content (AvgIpc) is 2.79. The second kappa shape index (κ2) is 21.1. The van der Waals surface area contributed by atoms with Gasteiger partial charge in [0.25, 0.3) is 0 Å². The average molecular weight is 429 g/mol. The van der Waals surface area contributed by atoms with Crippen molar-refractivity contribution in [1.29, 1.82) is 0 Å². The minimum Gasteiger partial charge on any atom is -0.0654 e. The fraction of sp³-hybridized carbons (Fsp3) is 0.806. The van der Waals surface area contributed by atoms with E-state index in [1.165, 1.54) is 135 Å². The number of aryl methyl sites for hydroxylation is 1. The molecule has 0 fully saturated rings. The van der Waals surface area contributed by atoms with Gasteiger partial charge in [-0.05, 0) is 42.7 Å². The van der Waals surface area contributed by atoms with E-state index >= 15 is 0 Å². The summed E-state index contributed by atoms with van der Waals surface area (Å²) in [7, 11) is 0. The molecular weight excluding hydrogens is 372 g/mol. The fourth-order valence-electron chi connectivity index (χ4n) is 5.05. The van der Waals surface area contributed by atoms with Crippen molar-refractivity contribution in [1.82, 2.24) is 0 Å². The first-order valence-corrected chi connectivity index (χ1v) is 14.4. The topological polar surface area (TPSA) is 0 Å². The van der Waals surface area contributed by atoms with Crippen LogP contribution in [-0.4, -0.2) is 0 Å². The minimum atomic E-state index is 0.800. The molecule has 0 atom stereocenters. The van der Waals surface area contributed by atoms with Crippen molar-refractivity contribution < 1.29 is 0 Å². The van der Waals surface area contributed by atoms with Crippen molar-refractivity contribution in [2.45, 2.75) is 162 Å². The molecule has 0 saturated carbocycles. The van der Waals surface area contributed by atoms with Gasteiger partial charge in [-0.25, -0.2) is 0 Å². The molecule has 0 unspecified atom stereocenters. The molecule has 0 heteroatoms. The maximum absolute atomic E-state index is 2.48. The van der Waals surface area contributed by atoms with Crippen molar-refractivity contribution in [2.75, 3.05) is 0 Å². The molecule has 0 N–H and O–H groups in total. The molecule has 0 aliphatic carbocycles. The second-order valence-electron chi connectivity index (χ2n) is 10.0. The molecule has 1 rings (SSSR count). The maximum Gasteiger partial charge on any atom is -0.0159 e. The van der Waals surface area contributed by atoms with Crippen LogP contribution in [0, 0.1) is 0 Å². The lowest BCUT2D eigenvalue weighted by molar-refractivity contribution is 0.484. The number of hydrogen-bond donors (Lipinski definition) is 0. The van der Waals surface area contributed by atoms with E-state index in [4.69, 9.17) is 0 Å². The van der Waals surface area contributed by atoms with Gasteiger partial charge in [-0.3, -0.25) is 0 Å². The zero-order chi connectivity index (χ0) is 22.4. The van der Waals surface area contributed by atoms with Gasteiger partial charge in [0.2, 0.25) is 0 Å². The predicted molar refractivity (Wildman–Crippen MR) is 142 cm³/mol. The summed E-state index contributed by atoms with van der Waals surface area (Å²) in [5.74, 6) is 0.800. The Morgan fingerprint density at radius 2 is 0.903 bits per heavy atom. The Balaban J connectivity index is 2.56. The smallest absolute Gasteiger partial charge is 0.0159 e. The molecular formula is C31H56. The van der Waals surface area contributed by atoms with Crippen LogP contribution in [0.3, 0.4) is 0 Å². The van der Waals surface area contributed by atoms with Gasteiger partial charge in [-0.1, -0.05) is 154 Å². The van der Waals surface area contributed by atoms with Crippen LogP contribution in [0.2, 0.25) is 0 Å². The quantitative estimate of drug-likeness (QED) is 0.161. The monoisotopic (exact) mass is 428 g/mol. The molecule has 0 aromatic heterocycles. The Kier molecular flexibility index (Phi) is 19.2. The summed E-state index contributed by atoms with van der Waals surface area (Å²) in [6.45, 7) is 6.94. The zero-order valence-electron chi connectivity index (χ0n) is 21.7. The summed E-state index contributed by atoms with van der Waals surface area (Å²) in [6.07, 6.45) is 29.6. The van der Waals surface area contributed by atoms with Crippen molar-refractivity contribution >= 4 is 0 Å². The molecule has 180 valence electrons. The SMILES string of the molecule is CCCCCCCCc1ccccc1C(CCCCCCCC)CCCCCCCC. The summed E-state index contributed by atoms with van der Waals surface area (Å²) in [5.41, 5.74) is 3.37. The minimum absolute atomic E-state index is 0.800. The molecule has 0 radical (unpaired) electrons. The lowest BCUT2D eigenvalue weighted by Gasteiger charge is -2.21. The first-order chi connectivity index (χ1) is 15.3. The number of hydrogen-bond acceptors (Lipinski definition) is 0. The molecule has 0 aliphatic heterocycles. The van der Waals surface area contributed by atoms with Crippen molar-refractivity contribution in [3.8, 4) is 0 Å². The Labute approximate surface area is 197 Å². The van der Waals surface area contributed by atoms with Gasteiger partial charge < -0.3 is 0 Å². The van der Waals surface area contributed by atoms with Gasteiger partial charge in [-0.15, -0.1) is 0 Å². The van der Waals surface area contributed by atoms with E-state index in [0.717, 1.165) is 5.92 Å². The molecule has 0 heterocycles. The highest BCUT2D eigenvalue weighted by molar-refractivity contribution is 5.30. The highest BCUT2D eigenvalue weighted by Crippen LogP contribution is 2.32. The highest BCUT2D eigenvalue weighted by atomic mass is 14.2. The van der Waals surface area contributed by atoms with E-state index in [1.54, 1.807) is 11.1 Å². The number of benzene rings is 1. The van der Waals surface area contributed by atoms with E-state index in [2.05, 4.69) is 45.0 Å². The van der Waals surface area contributed by atoms with Gasteiger partial charge in [0.15, 0.2) is 0 Å². The van der Waals surface area contributed by atoms with E-state index in [9.17, 15) is 0 Å². The molecule has 0 nitrogen and oxygen atoms in total. The predicted octanol–water partition coefficient (Wildman–Crippen LogP) is 11.2. The lowest BCUT2D eigenvalue weighted by atomic mass is 9.84. The van der Waals surface area contributed by atoms with Crippen molar-refractivity contribution in [2.24, 2.45) is 0 Å². The van der Waals surface area contributed by atoms with E-state index in [1.807, 2.05) is 0 Å². The van der Waals surface area contributed by atoms with E-state index in [-0.39, 0.29) is 0 Å². The third-order valence-electron chi connectivity index (χ3n) is 7.11. The second-order valence-corrected chi connectivity index (χ2v) is 10.0. The van der Waals surface area contributed by atoms with Gasteiger partial charge in [0, 0.05) is 0 Å². The molecule has 0 aliphatic rings. The maximum atomic E-state index is 2.48. The van der Waals surface area contributed by atoms with Crippen LogP contribution in [-0.2, 0) is 6.42 Å². The molecule has 31 heavy (non-hydrogen) atoms. The van der Waals surface area contributed by atoms with Crippen LogP contribution in [0.15, 0.2) is 24.3 Å². The summed E-state index contributed by atoms with van der Waals surface area (Å²) < 4.78 is 0. The molecule has 1 aromatic rings. The zero-order valence-corrected chi connectivity index (χ0v) is 21.7. The summed E-state index contributed by atoms with van der Waals surface area (Å²) >= 11 is 0. The molecule has 0 amide bonds. The number of rotatable bonds is 22. The Morgan fingerprint density at radius 1 is 0.484 bits per heavy atom. The van der Waals surface area contributed by atoms with Crippen LogP contribution in [0.5, 0.6) is 0 Å². The molecule has 1 aromatic carbocycles. The van der Waals surface area contributed by atoms with Crippen LogP contribution in [0.25, 0.3) is 0 Å². The van der Waals surface area contributed by atoms with E-state index in [0.29, 0.717) is 0 Å². The fourth-order valence-corrected chi connectivity index (χ4v) is 5.05. The van der Waals surface area contributed by atoms with E-state index < -0.39 is 0 Å². The largest absolute Gasteiger partial charge is 0.0654 e. The third kappa shape index (κ3) is 14.8. The number of unbranched alkanes of at least 4 members (excludes halogenated alkanes) is 15. The Morgan fingerprint density at radius 3 is 1.42 bits per heavy atom. The first kappa shape index (κ1) is 28.3. The van der Waals surface area contributed by atoms with Crippen LogP contribution >= 0.6 is 0 Å². The van der Waals surface area contributed by atoms with Gasteiger partial charge in [-0.2, -0.15) is 0 Å². The third-order valence-corrected chi connectivity index (χ3v) is 7.11. The van der Waals surface area contributed by atoms with Crippen LogP contribution < -0.4 is 0 Å². The Bertz CT molecular complexity index is 473. The van der Waals surface area contributed by atoms with Crippen LogP contribution in [0.1, 0.15) is 166 Å². The Hall–Kier alpha value is -0.780. The summed E-state index contributed by atoms with van der Waals surface area (Å²) in [5, 5.41) is 0. The van der Waals surface area contributed by atoms with Gasteiger partial charge >= 0.3 is 0 Å². The first-order valence-electron chi connectivity index (χ1n) is 14.4. The standard InChI is InChI=1S/C31H56/c1-4-7-10-13-16-19-24-29(25-20-17-14-11-8-5-2)31-28-23-22-27-30(31)26-21-18-15-12-9-6-3/h22-23,27-29H,4-21,24-26H2,1-3H3. The summed E-state index contributed by atoms with van der Waals surface area (Å²) in [6, 6.07) is 9.50. The van der Waals surface area contributed by atoms with Crippen molar-refractivity contribution in [3.05, 3.63) is 35.4 Å². The van der Waals surface area contributed by atoms with Gasteiger partial charge in [0.1, 0.15) is 0 Å². The van der Waals surface area contributed by atoms with Crippen molar-refractivity contribution in [3.63, 3.8) is 0 Å². The summed E-state index contributed by atoms with van der Waals surface area (Å²) in [4.78, 5) is 0. The van der Waals surface area contributed by atoms with Gasteiger partial charge in [0.05, 0.1) is 0 Å². The highest BCUT2D eigenvalue weighted by Gasteiger charge is 2.15. The molecule has 0 spiro atoms. The molecule has 0 saturated heterocycles. The molecule has 0 bridgehead atoms. The normalized spacial score (nSPS) is 11.5.